The van der Waals surface area contributed by atoms with E-state index >= 15 is 0 Å². The van der Waals surface area contributed by atoms with Gasteiger partial charge in [-0.15, -0.1) is 11.3 Å². The van der Waals surface area contributed by atoms with E-state index in [2.05, 4.69) is 19.2 Å². The molecule has 0 amide bonds. The molecule has 1 heterocycles. The van der Waals surface area contributed by atoms with Crippen molar-refractivity contribution in [2.45, 2.75) is 45.2 Å². The Hall–Kier alpha value is -1.26. The summed E-state index contributed by atoms with van der Waals surface area (Å²) in [7, 11) is 0. The van der Waals surface area contributed by atoms with E-state index in [4.69, 9.17) is 4.98 Å². The summed E-state index contributed by atoms with van der Waals surface area (Å²) in [4.78, 5) is 6.23. The third-order valence-electron chi connectivity index (χ3n) is 3.56. The van der Waals surface area contributed by atoms with Gasteiger partial charge in [0.05, 0.1) is 11.7 Å². The maximum atomic E-state index is 13.1. The van der Waals surface area contributed by atoms with Gasteiger partial charge < -0.3 is 5.32 Å². The second kappa shape index (κ2) is 5.62. The Bertz CT molecular complexity index is 568. The third kappa shape index (κ3) is 2.76. The summed E-state index contributed by atoms with van der Waals surface area (Å²) in [6.45, 7) is 4.25. The summed E-state index contributed by atoms with van der Waals surface area (Å²) in [6.07, 6.45) is 3.49. The van der Waals surface area contributed by atoms with E-state index in [0.717, 1.165) is 23.4 Å². The highest BCUT2D eigenvalue weighted by Gasteiger charge is 2.23. The summed E-state index contributed by atoms with van der Waals surface area (Å²) >= 11 is 1.80. The van der Waals surface area contributed by atoms with Gasteiger partial charge in [-0.3, -0.25) is 0 Å². The monoisotopic (exact) mass is 290 g/mol. The Kier molecular flexibility index (Phi) is 3.85. The van der Waals surface area contributed by atoms with E-state index in [0.29, 0.717) is 6.04 Å². The molecule has 0 saturated heterocycles. The van der Waals surface area contributed by atoms with Crippen molar-refractivity contribution in [1.29, 1.82) is 0 Å². The van der Waals surface area contributed by atoms with Gasteiger partial charge in [0.2, 0.25) is 0 Å². The van der Waals surface area contributed by atoms with Crippen molar-refractivity contribution in [1.82, 2.24) is 10.3 Å². The van der Waals surface area contributed by atoms with Crippen molar-refractivity contribution in [2.24, 2.45) is 0 Å². The molecule has 106 valence electrons. The summed E-state index contributed by atoms with van der Waals surface area (Å²) < 4.78 is 13.1. The number of nitrogens with zero attached hydrogens (tertiary/aromatic N) is 1. The first-order chi connectivity index (χ1) is 9.63. The lowest BCUT2D eigenvalue weighted by Crippen LogP contribution is -2.29. The summed E-state index contributed by atoms with van der Waals surface area (Å²) in [5, 5.41) is 4.65. The number of aryl methyl sites for hydroxylation is 2. The number of fused-ring (bicyclic) bond motifs is 1. The van der Waals surface area contributed by atoms with Crippen molar-refractivity contribution < 1.29 is 4.39 Å². The molecule has 1 aliphatic carbocycles. The molecule has 1 N–H and O–H groups in total. The molecule has 2 aromatic rings. The smallest absolute Gasteiger partial charge is 0.123 e. The molecule has 1 atom stereocenters. The van der Waals surface area contributed by atoms with Gasteiger partial charge in [-0.1, -0.05) is 12.1 Å². The third-order valence-corrected chi connectivity index (χ3v) is 4.78. The molecule has 0 saturated carbocycles. The molecule has 0 radical (unpaired) electrons. The number of nitrogens with one attached hydrogen (secondary N) is 1. The Morgan fingerprint density at radius 2 is 1.95 bits per heavy atom. The second-order valence-electron chi connectivity index (χ2n) is 5.58. The summed E-state index contributed by atoms with van der Waals surface area (Å²) in [5.41, 5.74) is 2.34. The average Bonchev–Trinajstić information content (AvgIpc) is 2.97. The highest BCUT2D eigenvalue weighted by atomic mass is 32.1. The Balaban J connectivity index is 1.94. The number of hydrogen-bond acceptors (Lipinski definition) is 3. The van der Waals surface area contributed by atoms with Crippen LogP contribution >= 0.6 is 11.3 Å². The van der Waals surface area contributed by atoms with Crippen LogP contribution in [-0.4, -0.2) is 11.0 Å². The van der Waals surface area contributed by atoms with Gasteiger partial charge >= 0.3 is 0 Å². The molecule has 0 fully saturated rings. The van der Waals surface area contributed by atoms with Crippen LogP contribution < -0.4 is 5.32 Å². The van der Waals surface area contributed by atoms with Crippen LogP contribution in [0.5, 0.6) is 0 Å². The van der Waals surface area contributed by atoms with Gasteiger partial charge in [-0.05, 0) is 50.8 Å². The molecule has 0 bridgehead atoms. The molecular formula is C16H19FN2S. The largest absolute Gasteiger partial charge is 0.302 e. The van der Waals surface area contributed by atoms with Crippen LogP contribution in [0.4, 0.5) is 4.39 Å². The van der Waals surface area contributed by atoms with E-state index in [1.165, 1.54) is 29.1 Å². The first-order valence-corrected chi connectivity index (χ1v) is 7.95. The van der Waals surface area contributed by atoms with Crippen LogP contribution in [0.25, 0.3) is 0 Å². The maximum Gasteiger partial charge on any atom is 0.123 e. The molecule has 0 aliphatic heterocycles. The van der Waals surface area contributed by atoms with Crippen molar-refractivity contribution >= 4 is 11.3 Å². The lowest BCUT2D eigenvalue weighted by molar-refractivity contribution is 0.525. The van der Waals surface area contributed by atoms with E-state index in [1.54, 1.807) is 11.3 Å². The Labute approximate surface area is 123 Å². The second-order valence-corrected chi connectivity index (χ2v) is 6.70. The van der Waals surface area contributed by atoms with Crippen LogP contribution in [0.2, 0.25) is 0 Å². The van der Waals surface area contributed by atoms with Crippen LogP contribution in [-0.2, 0) is 12.8 Å². The predicted molar refractivity (Wildman–Crippen MR) is 80.7 cm³/mol. The SMILES string of the molecule is CC(C)NC(c1ccc(F)cc1)c1nc2c(s1)CCC2. The quantitative estimate of drug-likeness (QED) is 0.925. The van der Waals surface area contributed by atoms with Crippen molar-refractivity contribution in [3.8, 4) is 0 Å². The molecule has 1 aromatic heterocycles. The van der Waals surface area contributed by atoms with Crippen LogP contribution in [0.1, 0.15) is 47.5 Å². The average molecular weight is 290 g/mol. The minimum absolute atomic E-state index is 0.0613. The molecule has 1 aromatic carbocycles. The normalized spacial score (nSPS) is 15.6. The van der Waals surface area contributed by atoms with E-state index in [1.807, 2.05) is 12.1 Å². The van der Waals surface area contributed by atoms with Gasteiger partial charge in [0, 0.05) is 10.9 Å². The van der Waals surface area contributed by atoms with Crippen molar-refractivity contribution in [2.75, 3.05) is 0 Å². The highest BCUT2D eigenvalue weighted by Crippen LogP contribution is 2.33. The minimum Gasteiger partial charge on any atom is -0.302 e. The van der Waals surface area contributed by atoms with Gasteiger partial charge in [0.25, 0.3) is 0 Å². The lowest BCUT2D eigenvalue weighted by atomic mass is 10.1. The Morgan fingerprint density at radius 1 is 1.20 bits per heavy atom. The number of hydrogen-bond donors (Lipinski definition) is 1. The van der Waals surface area contributed by atoms with Gasteiger partial charge in [0.15, 0.2) is 0 Å². The molecule has 0 spiro atoms. The molecule has 20 heavy (non-hydrogen) atoms. The van der Waals surface area contributed by atoms with Crippen molar-refractivity contribution in [3.05, 3.63) is 51.2 Å². The lowest BCUT2D eigenvalue weighted by Gasteiger charge is -2.20. The highest BCUT2D eigenvalue weighted by molar-refractivity contribution is 7.11. The number of benzene rings is 1. The van der Waals surface area contributed by atoms with Crippen LogP contribution in [0.15, 0.2) is 24.3 Å². The zero-order valence-corrected chi connectivity index (χ0v) is 12.6. The van der Waals surface area contributed by atoms with Crippen LogP contribution in [0.3, 0.4) is 0 Å². The molecule has 4 heteroatoms. The van der Waals surface area contributed by atoms with Crippen molar-refractivity contribution in [3.63, 3.8) is 0 Å². The fourth-order valence-corrected chi connectivity index (χ4v) is 3.87. The fraction of sp³-hybridized carbons (Fsp3) is 0.438. The van der Waals surface area contributed by atoms with Gasteiger partial charge in [0.1, 0.15) is 10.8 Å². The number of rotatable bonds is 4. The number of halogens is 1. The van der Waals surface area contributed by atoms with E-state index in [9.17, 15) is 4.39 Å². The molecule has 1 unspecified atom stereocenters. The first-order valence-electron chi connectivity index (χ1n) is 7.13. The van der Waals surface area contributed by atoms with Gasteiger partial charge in [-0.2, -0.15) is 0 Å². The number of thiazole rings is 1. The van der Waals surface area contributed by atoms with E-state index < -0.39 is 0 Å². The summed E-state index contributed by atoms with van der Waals surface area (Å²) in [6, 6.07) is 7.15. The molecule has 3 rings (SSSR count). The zero-order chi connectivity index (χ0) is 14.1. The predicted octanol–water partition coefficient (Wildman–Crippen LogP) is 3.86. The minimum atomic E-state index is -0.196. The molecule has 1 aliphatic rings. The fourth-order valence-electron chi connectivity index (χ4n) is 2.63. The number of aromatic nitrogens is 1. The molecule has 2 nitrogen and oxygen atoms in total. The summed E-state index contributed by atoms with van der Waals surface area (Å²) in [5.74, 6) is -0.196. The van der Waals surface area contributed by atoms with Gasteiger partial charge in [-0.25, -0.2) is 9.37 Å². The molecular weight excluding hydrogens is 271 g/mol. The maximum absolute atomic E-state index is 13.1. The zero-order valence-electron chi connectivity index (χ0n) is 11.8. The van der Waals surface area contributed by atoms with E-state index in [-0.39, 0.29) is 11.9 Å². The standard InChI is InChI=1S/C16H19FN2S/c1-10(2)18-15(11-6-8-12(17)9-7-11)16-19-13-4-3-5-14(13)20-16/h6-10,15,18H,3-5H2,1-2H3. The topological polar surface area (TPSA) is 24.9 Å². The first kappa shape index (κ1) is 13.7. The Morgan fingerprint density at radius 3 is 2.60 bits per heavy atom. The van der Waals surface area contributed by atoms with Crippen LogP contribution in [0, 0.1) is 5.82 Å².